The monoisotopic (exact) mass is 481 g/mol. The van der Waals surface area contributed by atoms with E-state index in [-0.39, 0.29) is 12.0 Å². The van der Waals surface area contributed by atoms with Crippen LogP contribution in [-0.2, 0) is 4.74 Å². The molecule has 0 bridgehead atoms. The van der Waals surface area contributed by atoms with E-state index in [2.05, 4.69) is 20.2 Å². The number of nitrogens with zero attached hydrogens (tertiary/aromatic N) is 4. The molecule has 1 aliphatic heterocycles. The van der Waals surface area contributed by atoms with Gasteiger partial charge in [0.2, 0.25) is 5.95 Å². The second-order valence-corrected chi connectivity index (χ2v) is 10.1. The summed E-state index contributed by atoms with van der Waals surface area (Å²) in [4.78, 5) is 26.3. The second kappa shape index (κ2) is 10.2. The number of carbonyl (C=O) groups excluding carboxylic acids is 1. The number of ether oxygens (including phenoxy) is 1. The molecule has 180 valence electrons. The Bertz CT molecular complexity index is 1140. The molecule has 2 aliphatic rings. The molecule has 2 fully saturated rings. The van der Waals surface area contributed by atoms with Crippen molar-refractivity contribution in [1.82, 2.24) is 19.5 Å². The lowest BCUT2D eigenvalue weighted by atomic mass is 9.92. The summed E-state index contributed by atoms with van der Waals surface area (Å²) in [5.41, 5.74) is 8.99. The van der Waals surface area contributed by atoms with E-state index in [9.17, 15) is 4.79 Å². The van der Waals surface area contributed by atoms with Gasteiger partial charge in [0, 0.05) is 29.6 Å². The summed E-state index contributed by atoms with van der Waals surface area (Å²) in [6, 6.07) is 8.18. The zero-order valence-electron chi connectivity index (χ0n) is 19.4. The smallest absolute Gasteiger partial charge is 0.338 e. The van der Waals surface area contributed by atoms with E-state index in [4.69, 9.17) is 20.4 Å². The van der Waals surface area contributed by atoms with Crippen molar-refractivity contribution in [1.29, 1.82) is 0 Å². The molecule has 3 aromatic rings. The van der Waals surface area contributed by atoms with E-state index < -0.39 is 0 Å². The van der Waals surface area contributed by atoms with Crippen LogP contribution in [-0.4, -0.2) is 55.7 Å². The van der Waals surface area contributed by atoms with E-state index in [0.29, 0.717) is 36.0 Å². The molecule has 2 aromatic heterocycles. The largest absolute Gasteiger partial charge is 0.462 e. The van der Waals surface area contributed by atoms with Crippen molar-refractivity contribution in [3.05, 3.63) is 36.2 Å². The average molecular weight is 482 g/mol. The van der Waals surface area contributed by atoms with Crippen LogP contribution in [0.2, 0.25) is 0 Å². The Morgan fingerprint density at radius 1 is 1.18 bits per heavy atom. The summed E-state index contributed by atoms with van der Waals surface area (Å²) < 4.78 is 7.27. The van der Waals surface area contributed by atoms with Gasteiger partial charge in [-0.3, -0.25) is 0 Å². The fourth-order valence-electron chi connectivity index (χ4n) is 4.56. The molecule has 1 aromatic carbocycles. The topological polar surface area (TPSA) is 120 Å². The summed E-state index contributed by atoms with van der Waals surface area (Å²) >= 11 is 1.96. The summed E-state index contributed by atoms with van der Waals surface area (Å²) in [6.45, 7) is 2.15. The molecule has 1 aliphatic carbocycles. The van der Waals surface area contributed by atoms with Gasteiger partial charge in [0.25, 0.3) is 0 Å². The maximum Gasteiger partial charge on any atom is 0.338 e. The van der Waals surface area contributed by atoms with Gasteiger partial charge in [-0.15, -0.1) is 0 Å². The number of thioether (sulfide) groups is 1. The highest BCUT2D eigenvalue weighted by atomic mass is 32.2. The number of hydrogen-bond acceptors (Lipinski definition) is 9. The number of aromatic nitrogens is 4. The summed E-state index contributed by atoms with van der Waals surface area (Å²) in [6.07, 6.45) is 7.04. The molecule has 0 amide bonds. The first-order chi connectivity index (χ1) is 16.6. The van der Waals surface area contributed by atoms with E-state index in [0.717, 1.165) is 60.5 Å². The molecular formula is C24H31N7O2S. The first-order valence-corrected chi connectivity index (χ1v) is 13.1. The van der Waals surface area contributed by atoms with Crippen LogP contribution in [0, 0.1) is 0 Å². The van der Waals surface area contributed by atoms with Crippen LogP contribution in [0.4, 0.5) is 17.5 Å². The fraction of sp³-hybridized carbons (Fsp3) is 0.500. The molecule has 1 unspecified atom stereocenters. The Labute approximate surface area is 203 Å². The van der Waals surface area contributed by atoms with Crippen LogP contribution in [0.1, 0.15) is 55.4 Å². The fourth-order valence-corrected chi connectivity index (χ4v) is 5.77. The quantitative estimate of drug-likeness (QED) is 0.428. The first-order valence-electron chi connectivity index (χ1n) is 12.0. The highest BCUT2D eigenvalue weighted by Crippen LogP contribution is 2.33. The van der Waals surface area contributed by atoms with Gasteiger partial charge in [-0.25, -0.2) is 9.78 Å². The normalized spacial score (nSPS) is 22.6. The van der Waals surface area contributed by atoms with Crippen LogP contribution < -0.4 is 16.4 Å². The van der Waals surface area contributed by atoms with E-state index in [1.54, 1.807) is 19.1 Å². The number of esters is 1. The molecule has 34 heavy (non-hydrogen) atoms. The number of benzene rings is 1. The standard InChI is InChI=1S/C24H31N7O2S/c1-2-33-23(32)15-3-7-17(8-4-15)27-21-20-22(31(14-26-20)19-11-12-34-13-19)30-24(29-21)28-18-9-5-16(25)6-10-18/h3-4,7-8,14,16,18-19H,2,5-6,9-13,25H2,1H3,(H2,27,28,29,30). The van der Waals surface area contributed by atoms with E-state index in [1.807, 2.05) is 30.2 Å². The zero-order valence-corrected chi connectivity index (χ0v) is 20.2. The Kier molecular flexibility index (Phi) is 6.87. The van der Waals surface area contributed by atoms with Gasteiger partial charge in [0.1, 0.15) is 0 Å². The number of imidazole rings is 1. The molecule has 3 heterocycles. The molecular weight excluding hydrogens is 450 g/mol. The highest BCUT2D eigenvalue weighted by Gasteiger charge is 2.24. The molecule has 4 N–H and O–H groups in total. The first kappa shape index (κ1) is 22.9. The lowest BCUT2D eigenvalue weighted by Crippen LogP contribution is -2.33. The molecule has 10 heteroatoms. The van der Waals surface area contributed by atoms with Crippen molar-refractivity contribution in [2.45, 2.75) is 57.2 Å². The number of hydrogen-bond donors (Lipinski definition) is 3. The molecule has 0 spiro atoms. The number of nitrogens with one attached hydrogen (secondary N) is 2. The zero-order chi connectivity index (χ0) is 23.5. The second-order valence-electron chi connectivity index (χ2n) is 8.92. The summed E-state index contributed by atoms with van der Waals surface area (Å²) in [5, 5.41) is 6.93. The minimum atomic E-state index is -0.328. The Morgan fingerprint density at radius 2 is 1.97 bits per heavy atom. The van der Waals surface area contributed by atoms with Crippen molar-refractivity contribution in [2.24, 2.45) is 5.73 Å². The number of carbonyl (C=O) groups is 1. The lowest BCUT2D eigenvalue weighted by molar-refractivity contribution is 0.0526. The van der Waals surface area contributed by atoms with Gasteiger partial charge < -0.3 is 25.7 Å². The maximum atomic E-state index is 12.0. The van der Waals surface area contributed by atoms with Gasteiger partial charge in [0.05, 0.1) is 18.5 Å². The van der Waals surface area contributed by atoms with E-state index >= 15 is 0 Å². The van der Waals surface area contributed by atoms with Gasteiger partial charge in [-0.1, -0.05) is 0 Å². The minimum Gasteiger partial charge on any atom is -0.462 e. The van der Waals surface area contributed by atoms with Gasteiger partial charge >= 0.3 is 5.97 Å². The highest BCUT2D eigenvalue weighted by molar-refractivity contribution is 7.99. The molecule has 1 saturated carbocycles. The predicted octanol–water partition coefficient (Wildman–Crippen LogP) is 4.11. The van der Waals surface area contributed by atoms with Crippen molar-refractivity contribution >= 4 is 46.3 Å². The average Bonchev–Trinajstić information content (AvgIpc) is 3.51. The Balaban J connectivity index is 1.45. The van der Waals surface area contributed by atoms with Crippen LogP contribution in [0.5, 0.6) is 0 Å². The third-order valence-corrected chi connectivity index (χ3v) is 7.63. The Morgan fingerprint density at radius 3 is 2.68 bits per heavy atom. The third kappa shape index (κ3) is 4.97. The predicted molar refractivity (Wildman–Crippen MR) is 136 cm³/mol. The SMILES string of the molecule is CCOC(=O)c1ccc(Nc2nc(NC3CCC(N)CC3)nc3c2ncn3C2CCSC2)cc1. The lowest BCUT2D eigenvalue weighted by Gasteiger charge is -2.27. The number of anilines is 3. The molecule has 9 nitrogen and oxygen atoms in total. The van der Waals surface area contributed by atoms with E-state index in [1.165, 1.54) is 0 Å². The van der Waals surface area contributed by atoms with Crippen LogP contribution in [0.25, 0.3) is 11.2 Å². The van der Waals surface area contributed by atoms with Gasteiger partial charge in [-0.05, 0) is 69.0 Å². The Hall–Kier alpha value is -2.85. The number of nitrogens with two attached hydrogens (primary N) is 1. The van der Waals surface area contributed by atoms with Crippen molar-refractivity contribution < 1.29 is 9.53 Å². The summed E-state index contributed by atoms with van der Waals surface area (Å²) in [5.74, 6) is 3.14. The third-order valence-electron chi connectivity index (χ3n) is 6.48. The summed E-state index contributed by atoms with van der Waals surface area (Å²) in [7, 11) is 0. The molecule has 0 radical (unpaired) electrons. The van der Waals surface area contributed by atoms with Crippen molar-refractivity contribution in [2.75, 3.05) is 28.7 Å². The number of fused-ring (bicyclic) bond motifs is 1. The van der Waals surface area contributed by atoms with Crippen LogP contribution in [0.3, 0.4) is 0 Å². The number of rotatable bonds is 7. The van der Waals surface area contributed by atoms with Crippen LogP contribution in [0.15, 0.2) is 30.6 Å². The maximum absolute atomic E-state index is 12.0. The molecule has 1 atom stereocenters. The molecule has 1 saturated heterocycles. The minimum absolute atomic E-state index is 0.289. The van der Waals surface area contributed by atoms with Crippen LogP contribution >= 0.6 is 11.8 Å². The van der Waals surface area contributed by atoms with Gasteiger partial charge in [0.15, 0.2) is 17.0 Å². The van der Waals surface area contributed by atoms with Gasteiger partial charge in [-0.2, -0.15) is 21.7 Å². The van der Waals surface area contributed by atoms with Crippen molar-refractivity contribution in [3.63, 3.8) is 0 Å². The van der Waals surface area contributed by atoms with Crippen molar-refractivity contribution in [3.8, 4) is 0 Å². The molecule has 5 rings (SSSR count).